The molecule has 8 heteroatoms. The number of nitrogens with zero attached hydrogens (tertiary/aromatic N) is 1. The molecule has 1 aliphatic rings. The van der Waals surface area contributed by atoms with Gasteiger partial charge in [-0.2, -0.15) is 0 Å². The van der Waals surface area contributed by atoms with Gasteiger partial charge in [0.25, 0.3) is 5.91 Å². The van der Waals surface area contributed by atoms with Gasteiger partial charge in [0.05, 0.1) is 28.4 Å². The van der Waals surface area contributed by atoms with Gasteiger partial charge < -0.3 is 20.9 Å². The van der Waals surface area contributed by atoms with E-state index >= 15 is 0 Å². The van der Waals surface area contributed by atoms with Crippen LogP contribution >= 0.6 is 0 Å². The first-order valence-electron chi connectivity index (χ1n) is 9.29. The van der Waals surface area contributed by atoms with E-state index in [1.807, 2.05) is 35.2 Å². The zero-order valence-corrected chi connectivity index (χ0v) is 15.8. The molecular formula is C22H18F2N4O2. The molecule has 0 aliphatic carbocycles. The Bertz CT molecular complexity index is 1100. The van der Waals surface area contributed by atoms with Gasteiger partial charge in [0.2, 0.25) is 6.41 Å². The summed E-state index contributed by atoms with van der Waals surface area (Å²) in [5.74, 6) is -2.63. The predicted octanol–water partition coefficient (Wildman–Crippen LogP) is 4.16. The maximum absolute atomic E-state index is 13.8. The molecule has 1 heterocycles. The molecule has 0 atom stereocenters. The average Bonchev–Trinajstić information content (AvgIpc) is 2.74. The van der Waals surface area contributed by atoms with Crippen LogP contribution in [0.4, 0.5) is 37.2 Å². The average molecular weight is 408 g/mol. The van der Waals surface area contributed by atoms with Crippen LogP contribution in [0.15, 0.2) is 60.7 Å². The number of para-hydroxylation sites is 3. The van der Waals surface area contributed by atoms with E-state index in [1.165, 1.54) is 6.07 Å². The Kier molecular flexibility index (Phi) is 5.30. The summed E-state index contributed by atoms with van der Waals surface area (Å²) in [6.45, 7) is 0.490. The molecule has 0 aromatic heterocycles. The lowest BCUT2D eigenvalue weighted by atomic mass is 10.1. The minimum atomic E-state index is -0.907. The predicted molar refractivity (Wildman–Crippen MR) is 112 cm³/mol. The van der Waals surface area contributed by atoms with Gasteiger partial charge in [-0.3, -0.25) is 9.59 Å². The molecule has 6 nitrogen and oxygen atoms in total. The first kappa shape index (κ1) is 19.4. The highest BCUT2D eigenvalue weighted by Crippen LogP contribution is 2.46. The van der Waals surface area contributed by atoms with Crippen LogP contribution in [0.2, 0.25) is 0 Å². The standard InChI is InChI=1S/C22H18F2N4O2/c23-14-5-3-6-15(24)20(14)22(30)25-11-12-28-18-9-2-1-7-16(18)27-21-17(26-13-29)8-4-10-19(21)28/h1-10,13,27H,11-12H2,(H,25,30)(H,26,29). The highest BCUT2D eigenvalue weighted by Gasteiger charge is 2.24. The van der Waals surface area contributed by atoms with Gasteiger partial charge >= 0.3 is 0 Å². The molecule has 2 amide bonds. The largest absolute Gasteiger partial charge is 0.350 e. The maximum atomic E-state index is 13.8. The number of hydrogen-bond donors (Lipinski definition) is 3. The first-order valence-corrected chi connectivity index (χ1v) is 9.29. The van der Waals surface area contributed by atoms with E-state index in [9.17, 15) is 18.4 Å². The maximum Gasteiger partial charge on any atom is 0.257 e. The van der Waals surface area contributed by atoms with Crippen LogP contribution < -0.4 is 20.9 Å². The van der Waals surface area contributed by atoms with Crippen molar-refractivity contribution in [3.8, 4) is 0 Å². The van der Waals surface area contributed by atoms with Gasteiger partial charge in [0.1, 0.15) is 17.2 Å². The summed E-state index contributed by atoms with van der Waals surface area (Å²) < 4.78 is 27.7. The summed E-state index contributed by atoms with van der Waals surface area (Å²) >= 11 is 0. The van der Waals surface area contributed by atoms with Crippen molar-refractivity contribution in [3.63, 3.8) is 0 Å². The van der Waals surface area contributed by atoms with Gasteiger partial charge in [0, 0.05) is 13.1 Å². The number of halogens is 2. The number of benzene rings is 3. The number of fused-ring (bicyclic) bond motifs is 2. The Morgan fingerprint density at radius 3 is 2.43 bits per heavy atom. The normalized spacial score (nSPS) is 11.7. The monoisotopic (exact) mass is 408 g/mol. The minimum absolute atomic E-state index is 0.145. The van der Waals surface area contributed by atoms with E-state index in [-0.39, 0.29) is 6.54 Å². The van der Waals surface area contributed by atoms with E-state index in [1.54, 1.807) is 12.1 Å². The molecule has 3 N–H and O–H groups in total. The summed E-state index contributed by atoms with van der Waals surface area (Å²) in [6.07, 6.45) is 0.602. The number of carbonyl (C=O) groups is 2. The Morgan fingerprint density at radius 2 is 1.67 bits per heavy atom. The van der Waals surface area contributed by atoms with Crippen molar-refractivity contribution in [1.82, 2.24) is 5.32 Å². The number of anilines is 5. The van der Waals surface area contributed by atoms with Crippen LogP contribution in [-0.2, 0) is 4.79 Å². The van der Waals surface area contributed by atoms with Crippen LogP contribution in [0, 0.1) is 11.6 Å². The molecule has 30 heavy (non-hydrogen) atoms. The number of rotatable bonds is 6. The lowest BCUT2D eigenvalue weighted by Gasteiger charge is -2.34. The highest BCUT2D eigenvalue weighted by atomic mass is 19.1. The van der Waals surface area contributed by atoms with Gasteiger partial charge in [-0.05, 0) is 36.4 Å². The summed E-state index contributed by atoms with van der Waals surface area (Å²) in [7, 11) is 0. The third-order valence-electron chi connectivity index (χ3n) is 4.81. The van der Waals surface area contributed by atoms with Gasteiger partial charge in [0.15, 0.2) is 0 Å². The number of hydrogen-bond acceptors (Lipinski definition) is 4. The first-order chi connectivity index (χ1) is 14.6. The second-order valence-electron chi connectivity index (χ2n) is 6.61. The fourth-order valence-electron chi connectivity index (χ4n) is 3.48. The van der Waals surface area contributed by atoms with Crippen LogP contribution in [0.5, 0.6) is 0 Å². The molecule has 0 bridgehead atoms. The third kappa shape index (κ3) is 3.55. The zero-order valence-electron chi connectivity index (χ0n) is 15.8. The smallest absolute Gasteiger partial charge is 0.257 e. The number of carbonyl (C=O) groups excluding carboxylic acids is 2. The van der Waals surface area contributed by atoms with E-state index in [2.05, 4.69) is 16.0 Å². The third-order valence-corrected chi connectivity index (χ3v) is 4.81. The van der Waals surface area contributed by atoms with Crippen molar-refractivity contribution in [2.45, 2.75) is 0 Å². The topological polar surface area (TPSA) is 73.5 Å². The van der Waals surface area contributed by atoms with E-state index in [0.29, 0.717) is 18.6 Å². The molecule has 0 spiro atoms. The van der Waals surface area contributed by atoms with Crippen molar-refractivity contribution in [1.29, 1.82) is 0 Å². The molecule has 0 unspecified atom stereocenters. The molecule has 3 aromatic rings. The SMILES string of the molecule is O=CNc1cccc2c1Nc1ccccc1N2CCNC(=O)c1c(F)cccc1F. The van der Waals surface area contributed by atoms with Crippen molar-refractivity contribution in [3.05, 3.63) is 77.9 Å². The van der Waals surface area contributed by atoms with Crippen molar-refractivity contribution >= 4 is 40.8 Å². The lowest BCUT2D eigenvalue weighted by Crippen LogP contribution is -2.35. The summed E-state index contributed by atoms with van der Waals surface area (Å²) in [5.41, 5.74) is 3.23. The molecule has 3 aromatic carbocycles. The summed E-state index contributed by atoms with van der Waals surface area (Å²) in [5, 5.41) is 8.56. The quantitative estimate of drug-likeness (QED) is 0.536. The van der Waals surface area contributed by atoms with Crippen LogP contribution in [0.1, 0.15) is 10.4 Å². The van der Waals surface area contributed by atoms with E-state index in [4.69, 9.17) is 0 Å². The second-order valence-corrected chi connectivity index (χ2v) is 6.61. The van der Waals surface area contributed by atoms with Gasteiger partial charge in [-0.15, -0.1) is 0 Å². The molecule has 4 rings (SSSR count). The molecule has 0 radical (unpaired) electrons. The van der Waals surface area contributed by atoms with Crippen molar-refractivity contribution in [2.24, 2.45) is 0 Å². The molecule has 1 aliphatic heterocycles. The number of amides is 2. The fraction of sp³-hybridized carbons (Fsp3) is 0.0909. The molecule has 0 fully saturated rings. The second kappa shape index (κ2) is 8.20. The Balaban J connectivity index is 1.58. The van der Waals surface area contributed by atoms with E-state index in [0.717, 1.165) is 34.9 Å². The summed E-state index contributed by atoms with van der Waals surface area (Å²) in [4.78, 5) is 25.2. The van der Waals surface area contributed by atoms with Crippen LogP contribution in [-0.4, -0.2) is 25.4 Å². The van der Waals surface area contributed by atoms with Gasteiger partial charge in [-0.25, -0.2) is 8.78 Å². The Hall–Kier alpha value is -3.94. The van der Waals surface area contributed by atoms with Crippen LogP contribution in [0.3, 0.4) is 0 Å². The van der Waals surface area contributed by atoms with Crippen molar-refractivity contribution in [2.75, 3.05) is 28.6 Å². The highest BCUT2D eigenvalue weighted by molar-refractivity contribution is 5.99. The Morgan fingerprint density at radius 1 is 0.967 bits per heavy atom. The van der Waals surface area contributed by atoms with Gasteiger partial charge in [-0.1, -0.05) is 24.3 Å². The zero-order chi connectivity index (χ0) is 21.1. The lowest BCUT2D eigenvalue weighted by molar-refractivity contribution is -0.105. The summed E-state index contributed by atoms with van der Waals surface area (Å²) in [6, 6.07) is 16.3. The number of nitrogens with one attached hydrogen (secondary N) is 3. The molecule has 0 saturated heterocycles. The van der Waals surface area contributed by atoms with E-state index < -0.39 is 23.1 Å². The fourth-order valence-corrected chi connectivity index (χ4v) is 3.48. The van der Waals surface area contributed by atoms with Crippen LogP contribution in [0.25, 0.3) is 0 Å². The molecule has 152 valence electrons. The Labute approximate surface area is 171 Å². The minimum Gasteiger partial charge on any atom is -0.350 e. The molecule has 0 saturated carbocycles. The van der Waals surface area contributed by atoms with Crippen molar-refractivity contribution < 1.29 is 18.4 Å². The molecular weight excluding hydrogens is 390 g/mol.